The van der Waals surface area contributed by atoms with E-state index in [9.17, 15) is 14.7 Å². The van der Waals surface area contributed by atoms with Gasteiger partial charge in [0.15, 0.2) is 0 Å². The summed E-state index contributed by atoms with van der Waals surface area (Å²) >= 11 is 5.75. The van der Waals surface area contributed by atoms with Crippen molar-refractivity contribution in [3.05, 3.63) is 52.7 Å². The molecule has 1 heterocycles. The third-order valence-electron chi connectivity index (χ3n) is 2.46. The summed E-state index contributed by atoms with van der Waals surface area (Å²) in [6.07, 6.45) is 1.12. The first kappa shape index (κ1) is 13.8. The van der Waals surface area contributed by atoms with Gasteiger partial charge in [-0.2, -0.15) is 0 Å². The van der Waals surface area contributed by atoms with Gasteiger partial charge >= 0.3 is 5.97 Å². The van der Waals surface area contributed by atoms with Crippen LogP contribution in [0.15, 0.2) is 36.5 Å². The van der Waals surface area contributed by atoms with E-state index in [-0.39, 0.29) is 22.7 Å². The van der Waals surface area contributed by atoms with Crippen LogP contribution in [0.4, 0.5) is 5.82 Å². The number of carboxylic acids is 1. The SMILES string of the molecule is O=C(O)c1ccc(NC(=O)c2cc(Cl)ccc2O)nc1. The Morgan fingerprint density at radius 1 is 1.20 bits per heavy atom. The van der Waals surface area contributed by atoms with Gasteiger partial charge in [-0.25, -0.2) is 9.78 Å². The predicted octanol–water partition coefficient (Wildman–Crippen LogP) is 2.39. The second-order valence-corrected chi connectivity index (χ2v) is 4.29. The number of carbonyl (C=O) groups excluding carboxylic acids is 1. The monoisotopic (exact) mass is 292 g/mol. The average Bonchev–Trinajstić information content (AvgIpc) is 2.42. The van der Waals surface area contributed by atoms with E-state index in [0.717, 1.165) is 6.20 Å². The van der Waals surface area contributed by atoms with Crippen molar-refractivity contribution >= 4 is 29.3 Å². The van der Waals surface area contributed by atoms with Gasteiger partial charge in [-0.3, -0.25) is 4.79 Å². The Balaban J connectivity index is 2.19. The number of rotatable bonds is 3. The number of carboxylic acid groups (broad SMARTS) is 1. The Morgan fingerprint density at radius 3 is 2.55 bits per heavy atom. The van der Waals surface area contributed by atoms with Crippen molar-refractivity contribution in [2.24, 2.45) is 0 Å². The number of anilines is 1. The predicted molar refractivity (Wildman–Crippen MR) is 72.3 cm³/mol. The van der Waals surface area contributed by atoms with E-state index in [1.165, 1.54) is 30.3 Å². The van der Waals surface area contributed by atoms with Crippen LogP contribution in [0, 0.1) is 0 Å². The first-order valence-electron chi connectivity index (χ1n) is 5.46. The Hall–Kier alpha value is -2.60. The van der Waals surface area contributed by atoms with Crippen molar-refractivity contribution < 1.29 is 19.8 Å². The summed E-state index contributed by atoms with van der Waals surface area (Å²) in [6.45, 7) is 0. The number of carbonyl (C=O) groups is 2. The Kier molecular flexibility index (Phi) is 3.86. The van der Waals surface area contributed by atoms with Crippen LogP contribution in [0.2, 0.25) is 5.02 Å². The fourth-order valence-corrected chi connectivity index (χ4v) is 1.64. The van der Waals surface area contributed by atoms with Crippen LogP contribution < -0.4 is 5.32 Å². The number of aromatic hydroxyl groups is 1. The van der Waals surface area contributed by atoms with E-state index in [4.69, 9.17) is 16.7 Å². The lowest BCUT2D eigenvalue weighted by Gasteiger charge is -2.06. The minimum atomic E-state index is -1.11. The molecule has 3 N–H and O–H groups in total. The van der Waals surface area contributed by atoms with Crippen molar-refractivity contribution in [1.82, 2.24) is 4.98 Å². The van der Waals surface area contributed by atoms with Crippen molar-refractivity contribution in [1.29, 1.82) is 0 Å². The second-order valence-electron chi connectivity index (χ2n) is 3.85. The van der Waals surface area contributed by atoms with E-state index in [0.29, 0.717) is 5.02 Å². The number of nitrogens with one attached hydrogen (secondary N) is 1. The van der Waals surface area contributed by atoms with Crippen molar-refractivity contribution in [2.45, 2.75) is 0 Å². The van der Waals surface area contributed by atoms with Crippen LogP contribution in [0.3, 0.4) is 0 Å². The molecule has 1 aromatic heterocycles. The molecule has 0 spiro atoms. The number of nitrogens with zero attached hydrogens (tertiary/aromatic N) is 1. The van der Waals surface area contributed by atoms with Gasteiger partial charge in [-0.05, 0) is 30.3 Å². The normalized spacial score (nSPS) is 10.1. The molecule has 0 saturated carbocycles. The highest BCUT2D eigenvalue weighted by molar-refractivity contribution is 6.31. The van der Waals surface area contributed by atoms with E-state index < -0.39 is 11.9 Å². The highest BCUT2D eigenvalue weighted by Crippen LogP contribution is 2.22. The third-order valence-corrected chi connectivity index (χ3v) is 2.69. The molecule has 0 radical (unpaired) electrons. The standard InChI is InChI=1S/C13H9ClN2O4/c14-8-2-3-10(17)9(5-8)12(18)16-11-4-1-7(6-15-11)13(19)20/h1-6,17H,(H,19,20)(H,15,16,18). The van der Waals surface area contributed by atoms with Gasteiger partial charge in [0.1, 0.15) is 11.6 Å². The molecule has 1 amide bonds. The largest absolute Gasteiger partial charge is 0.507 e. The molecule has 0 fully saturated rings. The number of halogens is 1. The van der Waals surface area contributed by atoms with Crippen LogP contribution >= 0.6 is 11.6 Å². The maximum absolute atomic E-state index is 11.9. The Bertz CT molecular complexity index is 671. The van der Waals surface area contributed by atoms with E-state index >= 15 is 0 Å². The van der Waals surface area contributed by atoms with Gasteiger partial charge in [0.2, 0.25) is 0 Å². The summed E-state index contributed by atoms with van der Waals surface area (Å²) < 4.78 is 0. The van der Waals surface area contributed by atoms with E-state index in [2.05, 4.69) is 10.3 Å². The van der Waals surface area contributed by atoms with Crippen LogP contribution in [0.5, 0.6) is 5.75 Å². The van der Waals surface area contributed by atoms with Crippen LogP contribution in [-0.4, -0.2) is 27.1 Å². The summed E-state index contributed by atoms with van der Waals surface area (Å²) in [4.78, 5) is 26.4. The quantitative estimate of drug-likeness (QED) is 0.806. The summed E-state index contributed by atoms with van der Waals surface area (Å²) in [5.41, 5.74) is 0.00946. The number of phenols is 1. The van der Waals surface area contributed by atoms with Crippen LogP contribution in [0.1, 0.15) is 20.7 Å². The zero-order valence-corrected chi connectivity index (χ0v) is 10.8. The molecule has 2 aromatic rings. The number of aromatic carboxylic acids is 1. The summed E-state index contributed by atoms with van der Waals surface area (Å²) in [5, 5.41) is 21.0. The topological polar surface area (TPSA) is 99.5 Å². The van der Waals surface area contributed by atoms with Gasteiger partial charge in [-0.1, -0.05) is 11.6 Å². The Labute approximate surface area is 118 Å². The van der Waals surface area contributed by atoms with E-state index in [1.807, 2.05) is 0 Å². The summed E-state index contributed by atoms with van der Waals surface area (Å²) in [7, 11) is 0. The minimum Gasteiger partial charge on any atom is -0.507 e. The van der Waals surface area contributed by atoms with Crippen molar-refractivity contribution in [2.75, 3.05) is 5.32 Å². The lowest BCUT2D eigenvalue weighted by Crippen LogP contribution is -2.13. The Morgan fingerprint density at radius 2 is 1.95 bits per heavy atom. The molecule has 0 saturated heterocycles. The third kappa shape index (κ3) is 3.04. The molecule has 2 rings (SSSR count). The molecular formula is C13H9ClN2O4. The number of amides is 1. The van der Waals surface area contributed by atoms with Crippen molar-refractivity contribution in [3.8, 4) is 5.75 Å². The minimum absolute atomic E-state index is 0.00149. The molecular weight excluding hydrogens is 284 g/mol. The first-order chi connectivity index (χ1) is 9.47. The molecule has 6 nitrogen and oxygen atoms in total. The number of phenolic OH excluding ortho intramolecular Hbond substituents is 1. The number of benzene rings is 1. The maximum Gasteiger partial charge on any atom is 0.337 e. The summed E-state index contributed by atoms with van der Waals surface area (Å²) in [5.74, 6) is -1.75. The summed E-state index contributed by atoms with van der Waals surface area (Å²) in [6, 6.07) is 6.73. The molecule has 0 aliphatic rings. The molecule has 0 atom stereocenters. The smallest absolute Gasteiger partial charge is 0.337 e. The molecule has 0 aliphatic heterocycles. The molecule has 7 heteroatoms. The average molecular weight is 293 g/mol. The second kappa shape index (κ2) is 5.58. The number of hydrogen-bond acceptors (Lipinski definition) is 4. The highest BCUT2D eigenvalue weighted by atomic mass is 35.5. The lowest BCUT2D eigenvalue weighted by molar-refractivity contribution is 0.0696. The number of pyridine rings is 1. The fourth-order valence-electron chi connectivity index (χ4n) is 1.47. The molecule has 1 aromatic carbocycles. The van der Waals surface area contributed by atoms with Crippen LogP contribution in [0.25, 0.3) is 0 Å². The zero-order valence-electron chi connectivity index (χ0n) is 10.0. The lowest BCUT2D eigenvalue weighted by atomic mass is 10.2. The van der Waals surface area contributed by atoms with Gasteiger partial charge in [0.25, 0.3) is 5.91 Å². The van der Waals surface area contributed by atoms with Gasteiger partial charge in [0.05, 0.1) is 11.1 Å². The molecule has 0 aliphatic carbocycles. The highest BCUT2D eigenvalue weighted by Gasteiger charge is 2.13. The van der Waals surface area contributed by atoms with E-state index in [1.54, 1.807) is 0 Å². The number of aromatic nitrogens is 1. The first-order valence-corrected chi connectivity index (χ1v) is 5.84. The maximum atomic E-state index is 11.9. The fraction of sp³-hybridized carbons (Fsp3) is 0. The van der Waals surface area contributed by atoms with Gasteiger partial charge in [-0.15, -0.1) is 0 Å². The van der Waals surface area contributed by atoms with Gasteiger partial charge < -0.3 is 15.5 Å². The van der Waals surface area contributed by atoms with Gasteiger partial charge in [0, 0.05) is 11.2 Å². The zero-order chi connectivity index (χ0) is 14.7. The molecule has 102 valence electrons. The van der Waals surface area contributed by atoms with Crippen LogP contribution in [-0.2, 0) is 0 Å². The molecule has 20 heavy (non-hydrogen) atoms. The van der Waals surface area contributed by atoms with Crippen molar-refractivity contribution in [3.63, 3.8) is 0 Å². The molecule has 0 unspecified atom stereocenters. The molecule has 0 bridgehead atoms. The number of hydrogen-bond donors (Lipinski definition) is 3.